The SMILES string of the molecule is CN(c1ccc(-c2cc(F)c(-c3ccn(C)c(=O)c3)cc2O)nn1)[C@@H]1C[C@H]2CCC[C@@H](C1)N2. The molecule has 0 unspecified atom stereocenters. The number of rotatable bonds is 4. The maximum absolute atomic E-state index is 14.9. The molecular weight excluding hydrogens is 421 g/mol. The van der Waals surface area contributed by atoms with Crippen molar-refractivity contribution in [2.24, 2.45) is 7.05 Å². The molecule has 0 radical (unpaired) electrons. The number of nitrogens with zero attached hydrogens (tertiary/aromatic N) is 4. The van der Waals surface area contributed by atoms with Gasteiger partial charge in [-0.25, -0.2) is 4.39 Å². The Labute approximate surface area is 191 Å². The molecule has 0 amide bonds. The lowest BCUT2D eigenvalue weighted by Crippen LogP contribution is -2.54. The van der Waals surface area contributed by atoms with E-state index in [0.717, 1.165) is 18.7 Å². The van der Waals surface area contributed by atoms with Crippen molar-refractivity contribution in [2.75, 3.05) is 11.9 Å². The first-order valence-electron chi connectivity index (χ1n) is 11.4. The molecule has 5 rings (SSSR count). The Morgan fingerprint density at radius 1 is 1.09 bits per heavy atom. The summed E-state index contributed by atoms with van der Waals surface area (Å²) in [6.45, 7) is 0. The van der Waals surface area contributed by atoms with Crippen LogP contribution in [0.1, 0.15) is 32.1 Å². The van der Waals surface area contributed by atoms with Gasteiger partial charge >= 0.3 is 0 Å². The van der Waals surface area contributed by atoms with Crippen molar-refractivity contribution in [3.63, 3.8) is 0 Å². The fourth-order valence-corrected chi connectivity index (χ4v) is 5.10. The van der Waals surface area contributed by atoms with Gasteiger partial charge in [-0.3, -0.25) is 4.79 Å². The molecule has 4 heterocycles. The van der Waals surface area contributed by atoms with E-state index in [-0.39, 0.29) is 22.4 Å². The molecule has 2 fully saturated rings. The van der Waals surface area contributed by atoms with E-state index in [9.17, 15) is 14.3 Å². The Balaban J connectivity index is 1.38. The topological polar surface area (TPSA) is 83.3 Å². The van der Waals surface area contributed by atoms with Crippen LogP contribution in [0, 0.1) is 5.82 Å². The van der Waals surface area contributed by atoms with Gasteiger partial charge in [-0.15, -0.1) is 10.2 Å². The number of benzene rings is 1. The first kappa shape index (κ1) is 21.6. The number of hydrogen-bond acceptors (Lipinski definition) is 6. The largest absolute Gasteiger partial charge is 0.507 e. The Hall–Kier alpha value is -3.26. The third kappa shape index (κ3) is 4.23. The summed E-state index contributed by atoms with van der Waals surface area (Å²) in [6, 6.07) is 10.7. The molecule has 1 aromatic carbocycles. The quantitative estimate of drug-likeness (QED) is 0.635. The van der Waals surface area contributed by atoms with E-state index in [4.69, 9.17) is 0 Å². The average molecular weight is 450 g/mol. The van der Waals surface area contributed by atoms with Crippen LogP contribution in [0.5, 0.6) is 5.75 Å². The number of hydrogen-bond donors (Lipinski definition) is 2. The Morgan fingerprint density at radius 3 is 2.52 bits per heavy atom. The first-order chi connectivity index (χ1) is 15.9. The van der Waals surface area contributed by atoms with Crippen LogP contribution >= 0.6 is 0 Å². The lowest BCUT2D eigenvalue weighted by Gasteiger charge is -2.43. The van der Waals surface area contributed by atoms with Gasteiger partial charge in [0.1, 0.15) is 11.6 Å². The summed E-state index contributed by atoms with van der Waals surface area (Å²) in [5, 5.41) is 23.0. The fraction of sp³-hybridized carbons (Fsp3) is 0.400. The van der Waals surface area contributed by atoms with Crippen LogP contribution in [-0.2, 0) is 7.05 Å². The maximum atomic E-state index is 14.9. The molecule has 2 N–H and O–H groups in total. The molecule has 7 nitrogen and oxygen atoms in total. The summed E-state index contributed by atoms with van der Waals surface area (Å²) in [5.74, 6) is 0.106. The van der Waals surface area contributed by atoms with Gasteiger partial charge in [0.15, 0.2) is 5.82 Å². The summed E-state index contributed by atoms with van der Waals surface area (Å²) >= 11 is 0. The molecule has 2 bridgehead atoms. The molecule has 8 heteroatoms. The highest BCUT2D eigenvalue weighted by atomic mass is 19.1. The monoisotopic (exact) mass is 449 g/mol. The zero-order chi connectivity index (χ0) is 23.1. The molecule has 172 valence electrons. The van der Waals surface area contributed by atoms with Crippen molar-refractivity contribution in [1.29, 1.82) is 0 Å². The molecule has 2 aromatic heterocycles. The molecule has 2 aliphatic heterocycles. The number of piperidine rings is 2. The summed E-state index contributed by atoms with van der Waals surface area (Å²) in [7, 11) is 3.67. The number of phenols is 1. The van der Waals surface area contributed by atoms with Crippen LogP contribution in [0.15, 0.2) is 47.4 Å². The van der Waals surface area contributed by atoms with E-state index in [1.165, 1.54) is 42.0 Å². The highest BCUT2D eigenvalue weighted by molar-refractivity contribution is 5.74. The van der Waals surface area contributed by atoms with Crippen molar-refractivity contribution in [3.8, 4) is 28.1 Å². The third-order valence-corrected chi connectivity index (χ3v) is 7.03. The van der Waals surface area contributed by atoms with Gasteiger partial charge in [0.25, 0.3) is 5.56 Å². The summed E-state index contributed by atoms with van der Waals surface area (Å²) in [6.07, 6.45) is 7.50. The van der Waals surface area contributed by atoms with Crippen LogP contribution < -0.4 is 15.8 Å². The van der Waals surface area contributed by atoms with Crippen LogP contribution in [-0.4, -0.2) is 45.0 Å². The van der Waals surface area contributed by atoms with Crippen molar-refractivity contribution in [3.05, 3.63) is 58.8 Å². The minimum absolute atomic E-state index is 0.117. The van der Waals surface area contributed by atoms with E-state index in [0.29, 0.717) is 29.4 Å². The normalized spacial score (nSPS) is 22.2. The van der Waals surface area contributed by atoms with Gasteiger partial charge in [-0.1, -0.05) is 6.42 Å². The van der Waals surface area contributed by atoms with Gasteiger partial charge in [-0.05, 0) is 61.6 Å². The van der Waals surface area contributed by atoms with Gasteiger partial charge < -0.3 is 19.9 Å². The van der Waals surface area contributed by atoms with Crippen molar-refractivity contribution >= 4 is 5.82 Å². The van der Waals surface area contributed by atoms with E-state index >= 15 is 0 Å². The van der Waals surface area contributed by atoms with E-state index < -0.39 is 5.82 Å². The van der Waals surface area contributed by atoms with Gasteiger partial charge in [-0.2, -0.15) is 0 Å². The Morgan fingerprint density at radius 2 is 1.85 bits per heavy atom. The molecule has 3 atom stereocenters. The number of aromatic nitrogens is 3. The lowest BCUT2D eigenvalue weighted by molar-refractivity contribution is 0.219. The highest BCUT2D eigenvalue weighted by Crippen LogP contribution is 2.35. The molecule has 0 spiro atoms. The predicted molar refractivity (Wildman–Crippen MR) is 126 cm³/mol. The Bertz CT molecular complexity index is 1210. The molecule has 2 saturated heterocycles. The number of fused-ring (bicyclic) bond motifs is 2. The van der Waals surface area contributed by atoms with Crippen LogP contribution in [0.3, 0.4) is 0 Å². The predicted octanol–water partition coefficient (Wildman–Crippen LogP) is 3.46. The molecule has 3 aromatic rings. The molecule has 2 aliphatic rings. The van der Waals surface area contributed by atoms with Gasteiger partial charge in [0, 0.05) is 55.6 Å². The second-order valence-electron chi connectivity index (χ2n) is 9.22. The van der Waals surface area contributed by atoms with E-state index in [2.05, 4.69) is 20.4 Å². The number of halogens is 1. The number of anilines is 1. The first-order valence-corrected chi connectivity index (χ1v) is 11.4. The van der Waals surface area contributed by atoms with Crippen molar-refractivity contribution in [1.82, 2.24) is 20.1 Å². The van der Waals surface area contributed by atoms with Gasteiger partial charge in [0.05, 0.1) is 5.69 Å². The minimum Gasteiger partial charge on any atom is -0.507 e. The number of phenolic OH excluding ortho intramolecular Hbond substituents is 1. The summed E-state index contributed by atoms with van der Waals surface area (Å²) in [5.41, 5.74) is 0.972. The maximum Gasteiger partial charge on any atom is 0.250 e. The number of aryl methyl sites for hydroxylation is 1. The van der Waals surface area contributed by atoms with Gasteiger partial charge in [0.2, 0.25) is 0 Å². The number of aromatic hydroxyl groups is 1. The zero-order valence-electron chi connectivity index (χ0n) is 18.8. The van der Waals surface area contributed by atoms with E-state index in [1.807, 2.05) is 13.1 Å². The van der Waals surface area contributed by atoms with Crippen molar-refractivity contribution in [2.45, 2.75) is 50.2 Å². The average Bonchev–Trinajstić information content (AvgIpc) is 2.81. The minimum atomic E-state index is -0.541. The molecular formula is C25H28FN5O2. The zero-order valence-corrected chi connectivity index (χ0v) is 18.8. The van der Waals surface area contributed by atoms with Crippen LogP contribution in [0.2, 0.25) is 0 Å². The lowest BCUT2D eigenvalue weighted by atomic mass is 9.83. The summed E-state index contributed by atoms with van der Waals surface area (Å²) in [4.78, 5) is 14.1. The molecule has 0 saturated carbocycles. The standard InChI is InChI=1S/C25H28FN5O2/c1-30-9-8-15(10-25(30)33)19-14-23(32)20(13-21(19)26)22-6-7-24(29-28-22)31(2)18-11-16-4-3-5-17(12-18)27-16/h6-10,13-14,16-18,27,32H,3-5,11-12H2,1-2H3/t16-,17+,18-. The van der Waals surface area contributed by atoms with Crippen LogP contribution in [0.4, 0.5) is 10.2 Å². The second-order valence-corrected chi connectivity index (χ2v) is 9.22. The molecule has 33 heavy (non-hydrogen) atoms. The fourth-order valence-electron chi connectivity index (χ4n) is 5.10. The third-order valence-electron chi connectivity index (χ3n) is 7.03. The molecule has 0 aliphatic carbocycles. The number of nitrogens with one attached hydrogen (secondary N) is 1. The Kier molecular flexibility index (Phi) is 5.62. The van der Waals surface area contributed by atoms with Crippen LogP contribution in [0.25, 0.3) is 22.4 Å². The highest BCUT2D eigenvalue weighted by Gasteiger charge is 2.33. The number of pyridine rings is 1. The van der Waals surface area contributed by atoms with E-state index in [1.54, 1.807) is 25.4 Å². The smallest absolute Gasteiger partial charge is 0.250 e. The summed E-state index contributed by atoms with van der Waals surface area (Å²) < 4.78 is 16.3. The van der Waals surface area contributed by atoms with Crippen molar-refractivity contribution < 1.29 is 9.50 Å². The second kappa shape index (κ2) is 8.59.